The normalized spacial score (nSPS) is 10.6. The Hall–Kier alpha value is -3.42. The zero-order chi connectivity index (χ0) is 18.4. The fourth-order valence-corrected chi connectivity index (χ4v) is 2.03. The third kappa shape index (κ3) is 5.03. The van der Waals surface area contributed by atoms with Gasteiger partial charge in [-0.2, -0.15) is 5.10 Å². The molecule has 0 aliphatic heterocycles. The van der Waals surface area contributed by atoms with E-state index in [2.05, 4.69) is 15.8 Å². The first-order valence-corrected chi connectivity index (χ1v) is 7.25. The Balaban J connectivity index is 1.88. The average molecular weight is 345 g/mol. The van der Waals surface area contributed by atoms with Gasteiger partial charge >= 0.3 is 0 Å². The second-order valence-electron chi connectivity index (χ2n) is 5.18. The van der Waals surface area contributed by atoms with Crippen LogP contribution in [-0.4, -0.2) is 34.8 Å². The molecule has 0 fully saturated rings. The molecular weight excluding hydrogens is 329 g/mol. The molecule has 2 aromatic carbocycles. The quantitative estimate of drug-likeness (QED) is 0.485. The molecule has 7 nitrogen and oxygen atoms in total. The van der Waals surface area contributed by atoms with E-state index in [1.54, 1.807) is 6.92 Å². The number of phenolic OH excluding ortho intramolecular Hbond substituents is 2. The lowest BCUT2D eigenvalue weighted by atomic mass is 10.1. The molecule has 0 spiro atoms. The molecule has 0 aliphatic rings. The Morgan fingerprint density at radius 3 is 2.68 bits per heavy atom. The summed E-state index contributed by atoms with van der Waals surface area (Å²) in [6.07, 6.45) is 1.22. The molecule has 2 amide bonds. The Morgan fingerprint density at radius 1 is 1.24 bits per heavy atom. The number of halogens is 1. The molecule has 0 aliphatic carbocycles. The predicted octanol–water partition coefficient (Wildman–Crippen LogP) is 1.43. The minimum absolute atomic E-state index is 0.0868. The molecule has 130 valence electrons. The summed E-state index contributed by atoms with van der Waals surface area (Å²) in [4.78, 5) is 23.4. The van der Waals surface area contributed by atoms with Gasteiger partial charge in [0.25, 0.3) is 11.8 Å². The molecule has 2 rings (SSSR count). The van der Waals surface area contributed by atoms with Crippen molar-refractivity contribution in [2.45, 2.75) is 6.92 Å². The summed E-state index contributed by atoms with van der Waals surface area (Å²) >= 11 is 0. The largest absolute Gasteiger partial charge is 0.508 e. The SMILES string of the molecule is Cc1cc(O)cc(O)c1/C=N\NC(=O)CNC(=O)c1cccc(F)c1. The van der Waals surface area contributed by atoms with Crippen molar-refractivity contribution in [3.05, 3.63) is 58.9 Å². The van der Waals surface area contributed by atoms with E-state index in [1.807, 2.05) is 0 Å². The summed E-state index contributed by atoms with van der Waals surface area (Å²) in [5.41, 5.74) is 3.18. The van der Waals surface area contributed by atoms with Crippen LogP contribution < -0.4 is 10.7 Å². The zero-order valence-corrected chi connectivity index (χ0v) is 13.3. The number of nitrogens with one attached hydrogen (secondary N) is 2. The third-order valence-corrected chi connectivity index (χ3v) is 3.23. The van der Waals surface area contributed by atoms with Crippen LogP contribution in [0.4, 0.5) is 4.39 Å². The van der Waals surface area contributed by atoms with Crippen molar-refractivity contribution in [3.63, 3.8) is 0 Å². The fraction of sp³-hybridized carbons (Fsp3) is 0.118. The molecule has 0 atom stereocenters. The van der Waals surface area contributed by atoms with E-state index in [9.17, 15) is 24.2 Å². The first-order chi connectivity index (χ1) is 11.9. The van der Waals surface area contributed by atoms with Crippen molar-refractivity contribution in [2.75, 3.05) is 6.54 Å². The predicted molar refractivity (Wildman–Crippen MR) is 89.0 cm³/mol. The van der Waals surface area contributed by atoms with Crippen molar-refractivity contribution < 1.29 is 24.2 Å². The van der Waals surface area contributed by atoms with E-state index in [0.29, 0.717) is 11.1 Å². The lowest BCUT2D eigenvalue weighted by Crippen LogP contribution is -2.34. The Labute approximate surface area is 142 Å². The average Bonchev–Trinajstić information content (AvgIpc) is 2.55. The number of carbonyl (C=O) groups excluding carboxylic acids is 2. The first-order valence-electron chi connectivity index (χ1n) is 7.25. The maximum Gasteiger partial charge on any atom is 0.259 e. The number of hydrazone groups is 1. The smallest absolute Gasteiger partial charge is 0.259 e. The second-order valence-corrected chi connectivity index (χ2v) is 5.18. The highest BCUT2D eigenvalue weighted by Gasteiger charge is 2.09. The van der Waals surface area contributed by atoms with Crippen LogP contribution in [0.2, 0.25) is 0 Å². The van der Waals surface area contributed by atoms with Crippen LogP contribution in [0.1, 0.15) is 21.5 Å². The summed E-state index contributed by atoms with van der Waals surface area (Å²) < 4.78 is 13.0. The van der Waals surface area contributed by atoms with Crippen LogP contribution in [0, 0.1) is 12.7 Å². The van der Waals surface area contributed by atoms with Crippen molar-refractivity contribution >= 4 is 18.0 Å². The number of hydrogen-bond acceptors (Lipinski definition) is 5. The number of rotatable bonds is 5. The van der Waals surface area contributed by atoms with Crippen molar-refractivity contribution in [1.82, 2.24) is 10.7 Å². The molecule has 8 heteroatoms. The van der Waals surface area contributed by atoms with E-state index in [4.69, 9.17) is 0 Å². The second kappa shape index (κ2) is 7.91. The van der Waals surface area contributed by atoms with Gasteiger partial charge < -0.3 is 15.5 Å². The molecule has 0 saturated carbocycles. The number of hydrogen-bond donors (Lipinski definition) is 4. The van der Waals surface area contributed by atoms with Crippen LogP contribution in [0.3, 0.4) is 0 Å². The molecule has 0 radical (unpaired) electrons. The van der Waals surface area contributed by atoms with Gasteiger partial charge in [-0.15, -0.1) is 0 Å². The van der Waals surface area contributed by atoms with Crippen LogP contribution in [0.25, 0.3) is 0 Å². The van der Waals surface area contributed by atoms with E-state index < -0.39 is 17.6 Å². The Morgan fingerprint density at radius 2 is 2.00 bits per heavy atom. The maximum absolute atomic E-state index is 13.0. The zero-order valence-electron chi connectivity index (χ0n) is 13.3. The number of amides is 2. The van der Waals surface area contributed by atoms with Gasteiger partial charge in [-0.1, -0.05) is 6.07 Å². The van der Waals surface area contributed by atoms with Gasteiger partial charge in [0.05, 0.1) is 12.8 Å². The highest BCUT2D eigenvalue weighted by atomic mass is 19.1. The lowest BCUT2D eigenvalue weighted by Gasteiger charge is -2.05. The van der Waals surface area contributed by atoms with Crippen LogP contribution >= 0.6 is 0 Å². The highest BCUT2D eigenvalue weighted by Crippen LogP contribution is 2.24. The Bertz CT molecular complexity index is 813. The molecule has 0 saturated heterocycles. The van der Waals surface area contributed by atoms with Gasteiger partial charge in [-0.05, 0) is 36.8 Å². The lowest BCUT2D eigenvalue weighted by molar-refractivity contribution is -0.120. The fourth-order valence-electron chi connectivity index (χ4n) is 2.03. The topological polar surface area (TPSA) is 111 Å². The van der Waals surface area contributed by atoms with Gasteiger partial charge in [0.1, 0.15) is 17.3 Å². The minimum Gasteiger partial charge on any atom is -0.508 e. The molecule has 0 heterocycles. The van der Waals surface area contributed by atoms with Gasteiger partial charge in [-0.3, -0.25) is 9.59 Å². The summed E-state index contributed by atoms with van der Waals surface area (Å²) in [6, 6.07) is 7.66. The summed E-state index contributed by atoms with van der Waals surface area (Å²) in [7, 11) is 0. The molecule has 0 bridgehead atoms. The third-order valence-electron chi connectivity index (χ3n) is 3.23. The molecule has 2 aromatic rings. The number of carbonyl (C=O) groups is 2. The van der Waals surface area contributed by atoms with Crippen LogP contribution in [0.5, 0.6) is 11.5 Å². The molecule has 25 heavy (non-hydrogen) atoms. The molecule has 0 aromatic heterocycles. The van der Waals surface area contributed by atoms with Gasteiger partial charge in [-0.25, -0.2) is 9.82 Å². The molecular formula is C17H16FN3O4. The summed E-state index contributed by atoms with van der Waals surface area (Å²) in [5, 5.41) is 25.0. The standard InChI is InChI=1S/C17H16FN3O4/c1-10-5-13(22)7-15(23)14(10)8-20-21-16(24)9-19-17(25)11-3-2-4-12(18)6-11/h2-8,22-23H,9H2,1H3,(H,19,25)(H,21,24)/b20-8-. The first kappa shape index (κ1) is 17.9. The van der Waals surface area contributed by atoms with Gasteiger partial charge in [0, 0.05) is 17.2 Å². The van der Waals surface area contributed by atoms with E-state index in [0.717, 1.165) is 12.1 Å². The maximum atomic E-state index is 13.0. The number of aryl methyl sites for hydroxylation is 1. The van der Waals surface area contributed by atoms with Crippen molar-refractivity contribution in [3.8, 4) is 11.5 Å². The number of benzene rings is 2. The molecule has 4 N–H and O–H groups in total. The van der Waals surface area contributed by atoms with E-state index in [1.165, 1.54) is 30.5 Å². The van der Waals surface area contributed by atoms with Crippen LogP contribution in [-0.2, 0) is 4.79 Å². The monoisotopic (exact) mass is 345 g/mol. The summed E-state index contributed by atoms with van der Waals surface area (Å²) in [5.74, 6) is -2.01. The number of nitrogens with zero attached hydrogens (tertiary/aromatic N) is 1. The van der Waals surface area contributed by atoms with Gasteiger partial charge in [0.2, 0.25) is 0 Å². The van der Waals surface area contributed by atoms with E-state index in [-0.39, 0.29) is 23.6 Å². The van der Waals surface area contributed by atoms with Crippen molar-refractivity contribution in [2.24, 2.45) is 5.10 Å². The minimum atomic E-state index is -0.600. The van der Waals surface area contributed by atoms with Gasteiger partial charge in [0.15, 0.2) is 0 Å². The van der Waals surface area contributed by atoms with E-state index >= 15 is 0 Å². The van der Waals surface area contributed by atoms with Crippen molar-refractivity contribution in [1.29, 1.82) is 0 Å². The molecule has 0 unspecified atom stereocenters. The number of phenols is 2. The van der Waals surface area contributed by atoms with Crippen LogP contribution in [0.15, 0.2) is 41.5 Å². The highest BCUT2D eigenvalue weighted by molar-refractivity contribution is 5.96. The Kier molecular flexibility index (Phi) is 5.67. The number of aromatic hydroxyl groups is 2. The summed E-state index contributed by atoms with van der Waals surface area (Å²) in [6.45, 7) is 1.30.